The van der Waals surface area contributed by atoms with E-state index in [1.165, 1.54) is 6.08 Å². The zero-order chi connectivity index (χ0) is 19.2. The molecular formula is C20H18N2O4S. The predicted molar refractivity (Wildman–Crippen MR) is 104 cm³/mol. The molecule has 1 heterocycles. The summed E-state index contributed by atoms with van der Waals surface area (Å²) in [5, 5.41) is 3.74. The lowest BCUT2D eigenvalue weighted by atomic mass is 10.1. The summed E-state index contributed by atoms with van der Waals surface area (Å²) in [7, 11) is 0.0864. The molecule has 3 rings (SSSR count). The van der Waals surface area contributed by atoms with Crippen LogP contribution in [0.2, 0.25) is 0 Å². The lowest BCUT2D eigenvalue weighted by Crippen LogP contribution is -2.05. The lowest BCUT2D eigenvalue weighted by Gasteiger charge is -2.04. The van der Waals surface area contributed by atoms with Crippen molar-refractivity contribution in [2.45, 2.75) is 11.8 Å². The Bertz CT molecular complexity index is 993. The number of hydrogen-bond acceptors (Lipinski definition) is 5. The third kappa shape index (κ3) is 4.71. The molecule has 0 saturated heterocycles. The van der Waals surface area contributed by atoms with Crippen molar-refractivity contribution in [3.8, 4) is 5.75 Å². The number of methoxy groups -OCH3 is 1. The van der Waals surface area contributed by atoms with Gasteiger partial charge in [0.1, 0.15) is 11.5 Å². The average molecular weight is 382 g/mol. The molecule has 3 aromatic rings. The van der Waals surface area contributed by atoms with Crippen molar-refractivity contribution in [2.75, 3.05) is 11.8 Å². The Morgan fingerprint density at radius 3 is 2.59 bits per heavy atom. The zero-order valence-corrected chi connectivity index (χ0v) is 15.7. The van der Waals surface area contributed by atoms with Gasteiger partial charge < -0.3 is 9.26 Å². The molecule has 1 atom stereocenters. The number of aryl methyl sites for hydroxylation is 1. The largest absolute Gasteiger partial charge is 0.496 e. The van der Waals surface area contributed by atoms with Gasteiger partial charge in [-0.3, -0.25) is 9.52 Å². The average Bonchev–Trinajstić information content (AvgIpc) is 3.11. The molecule has 6 nitrogen and oxygen atoms in total. The molecule has 138 valence electrons. The van der Waals surface area contributed by atoms with E-state index in [-0.39, 0.29) is 5.78 Å². The summed E-state index contributed by atoms with van der Waals surface area (Å²) < 4.78 is 25.2. The van der Waals surface area contributed by atoms with E-state index in [1.807, 2.05) is 24.3 Å². The Kier molecular flexibility index (Phi) is 5.83. The molecular weight excluding hydrogens is 364 g/mol. The molecule has 2 aromatic carbocycles. The number of carbonyl (C=O) groups is 1. The number of allylic oxidation sites excluding steroid dienone is 1. The first-order chi connectivity index (χ1) is 13.1. The van der Waals surface area contributed by atoms with E-state index < -0.39 is 11.0 Å². The van der Waals surface area contributed by atoms with Crippen LogP contribution in [-0.2, 0) is 11.0 Å². The van der Waals surface area contributed by atoms with Gasteiger partial charge in [-0.1, -0.05) is 23.4 Å². The van der Waals surface area contributed by atoms with Crippen LogP contribution in [0.1, 0.15) is 21.7 Å². The second-order valence-electron chi connectivity index (χ2n) is 5.66. The minimum Gasteiger partial charge on any atom is -0.496 e. The summed E-state index contributed by atoms with van der Waals surface area (Å²) in [5.41, 5.74) is 1.32. The van der Waals surface area contributed by atoms with Crippen molar-refractivity contribution in [1.82, 2.24) is 5.16 Å². The van der Waals surface area contributed by atoms with Gasteiger partial charge in [0.25, 0.3) is 0 Å². The predicted octanol–water partition coefficient (Wildman–Crippen LogP) is 4.02. The van der Waals surface area contributed by atoms with Crippen molar-refractivity contribution in [3.63, 3.8) is 0 Å². The van der Waals surface area contributed by atoms with Crippen LogP contribution in [-0.4, -0.2) is 22.3 Å². The number of anilines is 1. The molecule has 0 aliphatic rings. The molecule has 0 radical (unpaired) electrons. The number of rotatable bonds is 7. The normalized spacial score (nSPS) is 12.1. The van der Waals surface area contributed by atoms with Gasteiger partial charge in [0.15, 0.2) is 22.6 Å². The minimum absolute atomic E-state index is 0.154. The third-order valence-corrected chi connectivity index (χ3v) is 4.83. The maximum atomic E-state index is 12.4. The highest BCUT2D eigenvalue weighted by atomic mass is 32.2. The molecule has 7 heteroatoms. The monoisotopic (exact) mass is 382 g/mol. The van der Waals surface area contributed by atoms with Crippen molar-refractivity contribution in [2.24, 2.45) is 0 Å². The summed E-state index contributed by atoms with van der Waals surface area (Å²) in [4.78, 5) is 12.9. The van der Waals surface area contributed by atoms with Crippen LogP contribution in [0.3, 0.4) is 0 Å². The standard InChI is InChI=1S/C20H18N2O4S/c1-14-13-20(21-26-14)22-27(24)17-10-7-15(8-11-17)18(23)12-9-16-5-3-4-6-19(16)25-2/h3-13H,1-2H3,(H,21,22)/b12-9+. The first kappa shape index (κ1) is 18.6. The Hall–Kier alpha value is -3.19. The molecule has 27 heavy (non-hydrogen) atoms. The van der Waals surface area contributed by atoms with Crippen LogP contribution in [0.5, 0.6) is 5.75 Å². The number of aromatic nitrogens is 1. The molecule has 1 aromatic heterocycles. The Morgan fingerprint density at radius 2 is 1.93 bits per heavy atom. The van der Waals surface area contributed by atoms with Gasteiger partial charge in [0.05, 0.1) is 12.0 Å². The summed E-state index contributed by atoms with van der Waals surface area (Å²) in [6.07, 6.45) is 3.20. The van der Waals surface area contributed by atoms with E-state index in [4.69, 9.17) is 9.26 Å². The molecule has 1 unspecified atom stereocenters. The van der Waals surface area contributed by atoms with E-state index in [9.17, 15) is 9.00 Å². The fraction of sp³-hybridized carbons (Fsp3) is 0.100. The number of nitrogens with one attached hydrogen (secondary N) is 1. The number of nitrogens with zero attached hydrogens (tertiary/aromatic N) is 1. The van der Waals surface area contributed by atoms with E-state index in [2.05, 4.69) is 9.88 Å². The molecule has 0 spiro atoms. The molecule has 0 bridgehead atoms. The smallest absolute Gasteiger partial charge is 0.185 e. The third-order valence-electron chi connectivity index (χ3n) is 3.73. The minimum atomic E-state index is -1.50. The first-order valence-corrected chi connectivity index (χ1v) is 9.29. The van der Waals surface area contributed by atoms with E-state index >= 15 is 0 Å². The van der Waals surface area contributed by atoms with Crippen molar-refractivity contribution in [3.05, 3.63) is 77.6 Å². The van der Waals surface area contributed by atoms with E-state index in [0.717, 1.165) is 5.56 Å². The Labute approximate surface area is 159 Å². The maximum Gasteiger partial charge on any atom is 0.185 e. The quantitative estimate of drug-likeness (QED) is 0.493. The number of para-hydroxylation sites is 1. The fourth-order valence-electron chi connectivity index (χ4n) is 2.38. The van der Waals surface area contributed by atoms with Gasteiger partial charge in [0.2, 0.25) is 0 Å². The zero-order valence-electron chi connectivity index (χ0n) is 14.8. The van der Waals surface area contributed by atoms with Crippen LogP contribution in [0, 0.1) is 6.92 Å². The summed E-state index contributed by atoms with van der Waals surface area (Å²) in [6.45, 7) is 1.75. The van der Waals surface area contributed by atoms with Gasteiger partial charge in [-0.2, -0.15) is 0 Å². The number of carbonyl (C=O) groups excluding carboxylic acids is 1. The fourth-order valence-corrected chi connectivity index (χ4v) is 3.16. The number of benzene rings is 2. The second-order valence-corrected chi connectivity index (χ2v) is 6.87. The van der Waals surface area contributed by atoms with Crippen LogP contribution in [0.4, 0.5) is 5.82 Å². The highest BCUT2D eigenvalue weighted by Crippen LogP contribution is 2.19. The van der Waals surface area contributed by atoms with Crippen molar-refractivity contribution in [1.29, 1.82) is 0 Å². The van der Waals surface area contributed by atoms with Gasteiger partial charge >= 0.3 is 0 Å². The lowest BCUT2D eigenvalue weighted by molar-refractivity contribution is 0.104. The van der Waals surface area contributed by atoms with E-state index in [0.29, 0.717) is 27.8 Å². The molecule has 0 amide bonds. The molecule has 0 saturated carbocycles. The summed E-state index contributed by atoms with van der Waals surface area (Å²) in [6, 6.07) is 15.6. The number of ketones is 1. The van der Waals surface area contributed by atoms with E-state index in [1.54, 1.807) is 50.4 Å². The SMILES string of the molecule is COc1ccccc1/C=C/C(=O)c1ccc(S(=O)Nc2cc(C)on2)cc1. The Morgan fingerprint density at radius 1 is 1.19 bits per heavy atom. The molecule has 1 N–H and O–H groups in total. The molecule has 0 aliphatic carbocycles. The Balaban J connectivity index is 1.68. The van der Waals surface area contributed by atoms with Gasteiger partial charge in [-0.25, -0.2) is 4.21 Å². The van der Waals surface area contributed by atoms with Crippen molar-refractivity contribution >= 4 is 28.7 Å². The van der Waals surface area contributed by atoms with Gasteiger partial charge in [0, 0.05) is 17.2 Å². The van der Waals surface area contributed by atoms with Gasteiger partial charge in [-0.05, 0) is 49.4 Å². The van der Waals surface area contributed by atoms with Crippen LogP contribution < -0.4 is 9.46 Å². The van der Waals surface area contributed by atoms with Crippen molar-refractivity contribution < 1.29 is 18.3 Å². The molecule has 0 aliphatic heterocycles. The molecule has 0 fully saturated rings. The summed E-state index contributed by atoms with van der Waals surface area (Å²) >= 11 is 0. The topological polar surface area (TPSA) is 81.4 Å². The highest BCUT2D eigenvalue weighted by Gasteiger charge is 2.09. The highest BCUT2D eigenvalue weighted by molar-refractivity contribution is 7.86. The van der Waals surface area contributed by atoms with Crippen LogP contribution in [0.15, 0.2) is 70.1 Å². The summed E-state index contributed by atoms with van der Waals surface area (Å²) in [5.74, 6) is 1.56. The number of ether oxygens (including phenoxy) is 1. The van der Waals surface area contributed by atoms with Gasteiger partial charge in [-0.15, -0.1) is 0 Å². The van der Waals surface area contributed by atoms with Crippen LogP contribution >= 0.6 is 0 Å². The number of hydrogen-bond donors (Lipinski definition) is 1. The maximum absolute atomic E-state index is 12.4. The van der Waals surface area contributed by atoms with Crippen LogP contribution in [0.25, 0.3) is 6.08 Å². The second kappa shape index (κ2) is 8.46. The first-order valence-electron chi connectivity index (χ1n) is 8.14.